The number of piperazine rings is 1. The molecular weight excluding hydrogens is 338 g/mol. The van der Waals surface area contributed by atoms with Gasteiger partial charge in [-0.3, -0.25) is 14.5 Å². The molecule has 0 radical (unpaired) electrons. The van der Waals surface area contributed by atoms with Crippen molar-refractivity contribution in [2.24, 2.45) is 0 Å². The fourth-order valence-electron chi connectivity index (χ4n) is 3.33. The van der Waals surface area contributed by atoms with Crippen LogP contribution in [0.3, 0.4) is 0 Å². The van der Waals surface area contributed by atoms with E-state index in [2.05, 4.69) is 24.1 Å². The van der Waals surface area contributed by atoms with Crippen molar-refractivity contribution in [2.75, 3.05) is 44.6 Å². The largest absolute Gasteiger partial charge is 0.368 e. The van der Waals surface area contributed by atoms with Crippen LogP contribution < -0.4 is 5.32 Å². The third kappa shape index (κ3) is 4.22. The Balaban J connectivity index is 1.46. The molecule has 0 aromatic carbocycles. The molecule has 0 aliphatic carbocycles. The summed E-state index contributed by atoms with van der Waals surface area (Å²) in [6, 6.07) is 0. The lowest BCUT2D eigenvalue weighted by atomic mass is 10.2. The van der Waals surface area contributed by atoms with Gasteiger partial charge in [0.25, 0.3) is 5.91 Å². The summed E-state index contributed by atoms with van der Waals surface area (Å²) >= 11 is 1.63. The van der Waals surface area contributed by atoms with Gasteiger partial charge in [-0.15, -0.1) is 11.3 Å². The molecule has 138 valence electrons. The van der Waals surface area contributed by atoms with Crippen molar-refractivity contribution in [3.8, 4) is 0 Å². The number of nitrogens with one attached hydrogen (secondary N) is 1. The first-order valence-electron chi connectivity index (χ1n) is 8.95. The van der Waals surface area contributed by atoms with Crippen LogP contribution >= 0.6 is 11.3 Å². The topological polar surface area (TPSA) is 61.9 Å². The third-order valence-electron chi connectivity index (χ3n) is 5.20. The Bertz CT molecular complexity index is 644. The van der Waals surface area contributed by atoms with Gasteiger partial charge in [-0.1, -0.05) is 0 Å². The van der Waals surface area contributed by atoms with Gasteiger partial charge >= 0.3 is 0 Å². The Hall–Kier alpha value is -1.44. The van der Waals surface area contributed by atoms with Crippen LogP contribution in [-0.4, -0.2) is 67.0 Å². The molecule has 1 unspecified atom stereocenters. The molecular formula is C18H27N3O3S. The molecule has 2 amide bonds. The Morgan fingerprint density at radius 2 is 1.88 bits per heavy atom. The fourth-order valence-corrected chi connectivity index (χ4v) is 4.41. The van der Waals surface area contributed by atoms with Crippen molar-refractivity contribution in [2.45, 2.75) is 39.7 Å². The zero-order chi connectivity index (χ0) is 18.0. The van der Waals surface area contributed by atoms with Gasteiger partial charge in [-0.25, -0.2) is 0 Å². The molecule has 3 rings (SSSR count). The molecule has 1 aromatic rings. The van der Waals surface area contributed by atoms with E-state index in [4.69, 9.17) is 4.74 Å². The van der Waals surface area contributed by atoms with Crippen LogP contribution in [0.25, 0.3) is 0 Å². The van der Waals surface area contributed by atoms with Gasteiger partial charge in [0.15, 0.2) is 0 Å². The highest BCUT2D eigenvalue weighted by atomic mass is 32.1. The molecule has 2 aliphatic rings. The number of anilines is 1. The summed E-state index contributed by atoms with van der Waals surface area (Å²) in [5.74, 6) is 0.130. The average Bonchev–Trinajstić information content (AvgIpc) is 3.21. The van der Waals surface area contributed by atoms with Crippen LogP contribution in [0.2, 0.25) is 0 Å². The second-order valence-electron chi connectivity index (χ2n) is 6.89. The molecule has 6 nitrogen and oxygen atoms in total. The van der Waals surface area contributed by atoms with Crippen molar-refractivity contribution in [3.63, 3.8) is 0 Å². The van der Waals surface area contributed by atoms with Crippen LogP contribution in [0.1, 0.15) is 28.8 Å². The Morgan fingerprint density at radius 1 is 1.16 bits per heavy atom. The van der Waals surface area contributed by atoms with Crippen LogP contribution in [0.5, 0.6) is 0 Å². The summed E-state index contributed by atoms with van der Waals surface area (Å²) in [5, 5.41) is 3.99. The zero-order valence-electron chi connectivity index (χ0n) is 15.3. The Morgan fingerprint density at radius 3 is 2.44 bits per heavy atom. The van der Waals surface area contributed by atoms with Crippen molar-refractivity contribution >= 4 is 28.2 Å². The van der Waals surface area contributed by atoms with E-state index in [0.29, 0.717) is 26.2 Å². The zero-order valence-corrected chi connectivity index (χ0v) is 16.1. The van der Waals surface area contributed by atoms with Gasteiger partial charge in [-0.05, 0) is 44.7 Å². The van der Waals surface area contributed by atoms with E-state index in [1.165, 1.54) is 10.4 Å². The monoisotopic (exact) mass is 365 g/mol. The van der Waals surface area contributed by atoms with E-state index in [0.717, 1.165) is 36.5 Å². The van der Waals surface area contributed by atoms with Gasteiger partial charge in [0, 0.05) is 37.7 Å². The highest BCUT2D eigenvalue weighted by Crippen LogP contribution is 2.31. The number of rotatable bonds is 4. The van der Waals surface area contributed by atoms with E-state index < -0.39 is 0 Å². The lowest BCUT2D eigenvalue weighted by molar-refractivity contribution is -0.142. The summed E-state index contributed by atoms with van der Waals surface area (Å²) in [4.78, 5) is 29.9. The van der Waals surface area contributed by atoms with Gasteiger partial charge in [0.2, 0.25) is 5.91 Å². The lowest BCUT2D eigenvalue weighted by Crippen LogP contribution is -2.52. The number of hydrogen-bond acceptors (Lipinski definition) is 5. The van der Waals surface area contributed by atoms with E-state index in [9.17, 15) is 9.59 Å². The average molecular weight is 365 g/mol. The smallest absolute Gasteiger partial charge is 0.251 e. The molecule has 2 aliphatic heterocycles. The number of aryl methyl sites for hydroxylation is 1. The van der Waals surface area contributed by atoms with Crippen molar-refractivity contribution in [3.05, 3.63) is 16.0 Å². The maximum atomic E-state index is 12.3. The molecule has 0 bridgehead atoms. The Labute approximate surface area is 153 Å². The minimum absolute atomic E-state index is 0.0169. The summed E-state index contributed by atoms with van der Waals surface area (Å²) in [6.45, 7) is 10.1. The Kier molecular flexibility index (Phi) is 5.76. The molecule has 0 spiro atoms. The van der Waals surface area contributed by atoms with Crippen molar-refractivity contribution in [1.29, 1.82) is 0 Å². The number of nitrogens with zero attached hydrogens (tertiary/aromatic N) is 2. The normalized spacial score (nSPS) is 21.6. The van der Waals surface area contributed by atoms with E-state index in [1.54, 1.807) is 11.3 Å². The maximum Gasteiger partial charge on any atom is 0.251 e. The molecule has 2 saturated heterocycles. The molecule has 3 heterocycles. The number of thiophene rings is 1. The van der Waals surface area contributed by atoms with Gasteiger partial charge in [0.05, 0.1) is 11.5 Å². The SMILES string of the molecule is Cc1sc(NC(=O)CN2CCN(C(=O)C3CCCO3)CC2)c(C)c1C. The maximum absolute atomic E-state index is 12.3. The highest BCUT2D eigenvalue weighted by Gasteiger charge is 2.30. The second-order valence-corrected chi connectivity index (χ2v) is 8.11. The first-order valence-corrected chi connectivity index (χ1v) is 9.76. The minimum Gasteiger partial charge on any atom is -0.368 e. The first-order chi connectivity index (χ1) is 12.0. The molecule has 2 fully saturated rings. The number of amides is 2. The van der Waals surface area contributed by atoms with E-state index in [1.807, 2.05) is 11.8 Å². The molecule has 7 heteroatoms. The van der Waals surface area contributed by atoms with Crippen LogP contribution in [0.15, 0.2) is 0 Å². The molecule has 0 saturated carbocycles. The number of hydrogen-bond donors (Lipinski definition) is 1. The standard InChI is InChI=1S/C18H27N3O3S/c1-12-13(2)17(25-14(12)3)19-16(22)11-20-6-8-21(9-7-20)18(23)15-5-4-10-24-15/h15H,4-11H2,1-3H3,(H,19,22). The predicted molar refractivity (Wildman–Crippen MR) is 99.2 cm³/mol. The summed E-state index contributed by atoms with van der Waals surface area (Å²) in [7, 11) is 0. The van der Waals surface area contributed by atoms with E-state index in [-0.39, 0.29) is 17.9 Å². The van der Waals surface area contributed by atoms with Gasteiger partial charge in [-0.2, -0.15) is 0 Å². The molecule has 1 N–H and O–H groups in total. The number of carbonyl (C=O) groups excluding carboxylic acids is 2. The van der Waals surface area contributed by atoms with E-state index >= 15 is 0 Å². The number of carbonyl (C=O) groups is 2. The van der Waals surface area contributed by atoms with Gasteiger partial charge < -0.3 is 15.0 Å². The van der Waals surface area contributed by atoms with Crippen molar-refractivity contribution < 1.29 is 14.3 Å². The summed E-state index contributed by atoms with van der Waals surface area (Å²) < 4.78 is 5.48. The first kappa shape index (κ1) is 18.4. The van der Waals surface area contributed by atoms with Crippen LogP contribution in [0, 0.1) is 20.8 Å². The third-order valence-corrected chi connectivity index (χ3v) is 6.42. The molecule has 1 atom stereocenters. The van der Waals surface area contributed by atoms with Crippen LogP contribution in [-0.2, 0) is 14.3 Å². The summed E-state index contributed by atoms with van der Waals surface area (Å²) in [6.07, 6.45) is 1.56. The highest BCUT2D eigenvalue weighted by molar-refractivity contribution is 7.16. The second kappa shape index (κ2) is 7.85. The quantitative estimate of drug-likeness (QED) is 0.886. The van der Waals surface area contributed by atoms with Gasteiger partial charge in [0.1, 0.15) is 6.10 Å². The predicted octanol–water partition coefficient (Wildman–Crippen LogP) is 1.94. The number of ether oxygens (including phenoxy) is 1. The fraction of sp³-hybridized carbons (Fsp3) is 0.667. The lowest BCUT2D eigenvalue weighted by Gasteiger charge is -2.35. The van der Waals surface area contributed by atoms with Crippen LogP contribution in [0.4, 0.5) is 5.00 Å². The molecule has 25 heavy (non-hydrogen) atoms. The van der Waals surface area contributed by atoms with Crippen molar-refractivity contribution in [1.82, 2.24) is 9.80 Å². The minimum atomic E-state index is -0.247. The molecule has 1 aromatic heterocycles. The summed E-state index contributed by atoms with van der Waals surface area (Å²) in [5.41, 5.74) is 2.41.